The fourth-order valence-corrected chi connectivity index (χ4v) is 9.06. The molecule has 0 aliphatic heterocycles. The maximum Gasteiger partial charge on any atom is 0.238 e. The van der Waals surface area contributed by atoms with Crippen LogP contribution in [-0.4, -0.2) is 28.5 Å². The van der Waals surface area contributed by atoms with Crippen LogP contribution in [0.3, 0.4) is 0 Å². The number of nitrogens with zero attached hydrogens (tertiary/aromatic N) is 6. The standard InChI is InChI=1S/C51H34N6/c1-4-17-33(18-5-1)49-52-50(34-19-6-2-7-20-34)54-51(53-49)57-44-30-15-12-25-38(44)41-31-46-47(32-45(41)57)55(35-21-8-3-9-22-35)42-28-13-10-23-36(42)39-26-16-27-40-37-24-11-14-29-43(37)56(46)48(39)40/h1-8,10-21,23-32H,9,22H2. The topological polar surface area (TPSA) is 52.9 Å². The summed E-state index contributed by atoms with van der Waals surface area (Å²) in [5.41, 5.74) is 10.9. The third-order valence-electron chi connectivity index (χ3n) is 11.5. The van der Waals surface area contributed by atoms with Crippen LogP contribution < -0.4 is 0 Å². The van der Waals surface area contributed by atoms with Gasteiger partial charge in [0.1, 0.15) is 0 Å². The molecule has 0 unspecified atom stereocenters. The zero-order chi connectivity index (χ0) is 37.5. The van der Waals surface area contributed by atoms with Gasteiger partial charge in [0, 0.05) is 49.1 Å². The molecule has 6 nitrogen and oxygen atoms in total. The summed E-state index contributed by atoms with van der Waals surface area (Å²) in [5, 5.41) is 7.16. The zero-order valence-corrected chi connectivity index (χ0v) is 30.9. The van der Waals surface area contributed by atoms with Gasteiger partial charge in [-0.3, -0.25) is 4.57 Å². The highest BCUT2D eigenvalue weighted by molar-refractivity contribution is 6.22. The Labute approximate surface area is 327 Å². The van der Waals surface area contributed by atoms with Gasteiger partial charge in [0.25, 0.3) is 0 Å². The van der Waals surface area contributed by atoms with E-state index in [0.717, 1.165) is 62.3 Å². The van der Waals surface area contributed by atoms with Crippen molar-refractivity contribution < 1.29 is 0 Å². The molecule has 0 saturated carbocycles. The van der Waals surface area contributed by atoms with Crippen LogP contribution in [0.1, 0.15) is 12.8 Å². The highest BCUT2D eigenvalue weighted by Crippen LogP contribution is 2.41. The Morgan fingerprint density at radius 2 is 0.947 bits per heavy atom. The Morgan fingerprint density at radius 3 is 1.58 bits per heavy atom. The van der Waals surface area contributed by atoms with Crippen molar-refractivity contribution in [1.82, 2.24) is 28.5 Å². The summed E-state index contributed by atoms with van der Waals surface area (Å²) in [6.07, 6.45) is 8.64. The summed E-state index contributed by atoms with van der Waals surface area (Å²) in [5.74, 6) is 1.83. The van der Waals surface area contributed by atoms with Crippen molar-refractivity contribution in [2.24, 2.45) is 0 Å². The molecule has 0 N–H and O–H groups in total. The van der Waals surface area contributed by atoms with Crippen molar-refractivity contribution >= 4 is 76.6 Å². The smallest absolute Gasteiger partial charge is 0.238 e. The van der Waals surface area contributed by atoms with E-state index in [1.807, 2.05) is 36.4 Å². The van der Waals surface area contributed by atoms with E-state index in [9.17, 15) is 0 Å². The van der Waals surface area contributed by atoms with Gasteiger partial charge in [-0.15, -0.1) is 0 Å². The van der Waals surface area contributed by atoms with Gasteiger partial charge in [0.2, 0.25) is 5.95 Å². The third kappa shape index (κ3) is 4.80. The van der Waals surface area contributed by atoms with Crippen LogP contribution in [0.4, 0.5) is 0 Å². The lowest BCUT2D eigenvalue weighted by Gasteiger charge is -2.20. The van der Waals surface area contributed by atoms with Gasteiger partial charge in [-0.05, 0) is 49.2 Å². The molecule has 0 spiro atoms. The molecule has 0 amide bonds. The highest BCUT2D eigenvalue weighted by Gasteiger charge is 2.22. The molecule has 4 heterocycles. The fraction of sp³-hybridized carbons (Fsp3) is 0.0392. The second-order valence-electron chi connectivity index (χ2n) is 14.8. The van der Waals surface area contributed by atoms with Crippen LogP contribution in [0, 0.1) is 0 Å². The first-order valence-corrected chi connectivity index (χ1v) is 19.5. The first-order valence-electron chi connectivity index (χ1n) is 19.5. The van der Waals surface area contributed by atoms with E-state index in [4.69, 9.17) is 15.0 Å². The van der Waals surface area contributed by atoms with Crippen LogP contribution >= 0.6 is 0 Å². The average molecular weight is 731 g/mol. The first-order chi connectivity index (χ1) is 28.3. The molecule has 7 aromatic carbocycles. The molecule has 0 atom stereocenters. The Bertz CT molecular complexity index is 3450. The zero-order valence-electron chi connectivity index (χ0n) is 30.9. The Kier molecular flexibility index (Phi) is 6.95. The number of para-hydroxylation sites is 4. The highest BCUT2D eigenvalue weighted by atomic mass is 15.2. The van der Waals surface area contributed by atoms with Gasteiger partial charge < -0.3 is 8.97 Å². The lowest BCUT2D eigenvalue weighted by molar-refractivity contribution is 0.952. The second kappa shape index (κ2) is 12.5. The summed E-state index contributed by atoms with van der Waals surface area (Å²) in [6.45, 7) is 0. The SMILES string of the molecule is C1=CCCC(n2c3ccccc3c3cccc4c5ccccc5n(c5cc6c7ccccc7n(-c7nc(-c8ccccc8)nc(-c8ccccc8)n7)c6cc52)c34)=C1. The summed E-state index contributed by atoms with van der Waals surface area (Å²) in [4.78, 5) is 15.6. The number of hydrogen-bond donors (Lipinski definition) is 0. The molecule has 0 fully saturated rings. The minimum atomic E-state index is 0.575. The van der Waals surface area contributed by atoms with Gasteiger partial charge in [-0.1, -0.05) is 146 Å². The van der Waals surface area contributed by atoms with Crippen molar-refractivity contribution in [2.75, 3.05) is 0 Å². The lowest BCUT2D eigenvalue weighted by Crippen LogP contribution is -2.07. The van der Waals surface area contributed by atoms with Crippen LogP contribution in [0.15, 0.2) is 182 Å². The van der Waals surface area contributed by atoms with Crippen molar-refractivity contribution in [3.63, 3.8) is 0 Å². The van der Waals surface area contributed by atoms with Crippen LogP contribution in [0.25, 0.3) is 105 Å². The van der Waals surface area contributed by atoms with Gasteiger partial charge in [0.05, 0.1) is 38.6 Å². The Morgan fingerprint density at radius 1 is 0.404 bits per heavy atom. The summed E-state index contributed by atoms with van der Waals surface area (Å²) in [6, 6.07) is 58.3. The van der Waals surface area contributed by atoms with Crippen LogP contribution in [-0.2, 0) is 0 Å². The molecular formula is C51H34N6. The molecule has 0 radical (unpaired) electrons. The minimum absolute atomic E-state index is 0.575. The normalized spacial score (nSPS) is 13.2. The Hall–Kier alpha value is -7.57. The van der Waals surface area contributed by atoms with Crippen LogP contribution in [0.5, 0.6) is 0 Å². The molecule has 12 rings (SSSR count). The fourth-order valence-electron chi connectivity index (χ4n) is 9.06. The molecule has 1 aliphatic rings. The molecular weight excluding hydrogens is 697 g/mol. The van der Waals surface area contributed by atoms with Crippen molar-refractivity contribution in [2.45, 2.75) is 12.8 Å². The van der Waals surface area contributed by atoms with Gasteiger partial charge in [-0.2, -0.15) is 9.97 Å². The molecule has 6 heteroatoms. The van der Waals surface area contributed by atoms with Crippen LogP contribution in [0.2, 0.25) is 0 Å². The molecule has 268 valence electrons. The van der Waals surface area contributed by atoms with Crippen molar-refractivity contribution in [1.29, 1.82) is 0 Å². The maximum atomic E-state index is 5.26. The molecule has 0 bridgehead atoms. The van der Waals surface area contributed by atoms with E-state index in [-0.39, 0.29) is 0 Å². The molecule has 4 aromatic heterocycles. The first kappa shape index (κ1) is 31.7. The van der Waals surface area contributed by atoms with E-state index in [0.29, 0.717) is 17.6 Å². The summed E-state index contributed by atoms with van der Waals surface area (Å²) >= 11 is 0. The Balaban J connectivity index is 1.32. The molecule has 57 heavy (non-hydrogen) atoms. The quantitative estimate of drug-likeness (QED) is 0.181. The predicted octanol–water partition coefficient (Wildman–Crippen LogP) is 12.7. The number of hydrogen-bond acceptors (Lipinski definition) is 3. The maximum absolute atomic E-state index is 5.26. The third-order valence-corrected chi connectivity index (χ3v) is 11.5. The van der Waals surface area contributed by atoms with Crippen molar-refractivity contribution in [3.05, 3.63) is 182 Å². The largest absolute Gasteiger partial charge is 0.311 e. The molecule has 1 aliphatic carbocycles. The number of allylic oxidation sites excluding steroid dienone is 4. The number of fused-ring (bicyclic) bond motifs is 10. The minimum Gasteiger partial charge on any atom is -0.311 e. The predicted molar refractivity (Wildman–Crippen MR) is 235 cm³/mol. The summed E-state index contributed by atoms with van der Waals surface area (Å²) < 4.78 is 7.25. The average Bonchev–Trinajstić information content (AvgIpc) is 3.79. The monoisotopic (exact) mass is 730 g/mol. The second-order valence-corrected chi connectivity index (χ2v) is 14.8. The summed E-state index contributed by atoms with van der Waals surface area (Å²) in [7, 11) is 0. The van der Waals surface area contributed by atoms with Gasteiger partial charge >= 0.3 is 0 Å². The van der Waals surface area contributed by atoms with E-state index >= 15 is 0 Å². The van der Waals surface area contributed by atoms with Gasteiger partial charge in [-0.25, -0.2) is 4.98 Å². The van der Waals surface area contributed by atoms with Crippen molar-refractivity contribution in [3.8, 4) is 28.7 Å². The lowest BCUT2D eigenvalue weighted by atomic mass is 10.0. The molecule has 11 aromatic rings. The number of aromatic nitrogens is 6. The van der Waals surface area contributed by atoms with E-state index in [1.165, 1.54) is 38.3 Å². The van der Waals surface area contributed by atoms with E-state index in [1.54, 1.807) is 0 Å². The van der Waals surface area contributed by atoms with E-state index in [2.05, 4.69) is 159 Å². The number of benzene rings is 7. The van der Waals surface area contributed by atoms with Gasteiger partial charge in [0.15, 0.2) is 11.6 Å². The molecule has 0 saturated heterocycles. The van der Waals surface area contributed by atoms with E-state index < -0.39 is 0 Å². The number of rotatable bonds is 4.